The Hall–Kier alpha value is -1.75. The third-order valence-electron chi connectivity index (χ3n) is 4.63. The smallest absolute Gasteiger partial charge is 0.412 e. The molecule has 0 spiro atoms. The number of nitrogens with zero attached hydrogens (tertiary/aromatic N) is 1. The number of hydrogen-bond donors (Lipinski definition) is 1. The molecule has 0 bridgehead atoms. The van der Waals surface area contributed by atoms with E-state index in [4.69, 9.17) is 9.47 Å². The van der Waals surface area contributed by atoms with Crippen LogP contribution in [0.4, 0.5) is 10.5 Å². The topological polar surface area (TPSA) is 50.8 Å². The van der Waals surface area contributed by atoms with Gasteiger partial charge in [0.25, 0.3) is 0 Å². The van der Waals surface area contributed by atoms with E-state index in [0.717, 1.165) is 37.8 Å². The molecule has 3 rings (SSSR count). The number of fused-ring (bicyclic) bond motifs is 1. The molecule has 1 atom stereocenters. The van der Waals surface area contributed by atoms with Crippen molar-refractivity contribution in [1.29, 1.82) is 0 Å². The Morgan fingerprint density at radius 2 is 2.12 bits per heavy atom. The quantitative estimate of drug-likeness (QED) is 0.886. The second kappa shape index (κ2) is 7.65. The van der Waals surface area contributed by atoms with Crippen LogP contribution in [0.5, 0.6) is 0 Å². The van der Waals surface area contributed by atoms with Gasteiger partial charge in [-0.15, -0.1) is 0 Å². The summed E-state index contributed by atoms with van der Waals surface area (Å²) in [4.78, 5) is 14.2. The molecule has 1 N–H and O–H groups in total. The minimum Gasteiger partial charge on any atom is -0.444 e. The van der Waals surface area contributed by atoms with Crippen LogP contribution in [-0.2, 0) is 22.5 Å². The fraction of sp³-hybridized carbons (Fsp3) is 0.650. The lowest BCUT2D eigenvalue weighted by Crippen LogP contribution is -2.47. The van der Waals surface area contributed by atoms with Crippen molar-refractivity contribution in [2.24, 2.45) is 0 Å². The summed E-state index contributed by atoms with van der Waals surface area (Å²) in [6.07, 6.45) is 4.80. The second-order valence-corrected chi connectivity index (χ2v) is 7.96. The number of carbonyl (C=O) groups excluding carboxylic acids is 1. The molecule has 0 saturated carbocycles. The van der Waals surface area contributed by atoms with Crippen molar-refractivity contribution >= 4 is 11.8 Å². The molecule has 2 aliphatic heterocycles. The Kier molecular flexibility index (Phi) is 5.52. The third-order valence-corrected chi connectivity index (χ3v) is 4.63. The molecule has 2 aliphatic rings. The van der Waals surface area contributed by atoms with Crippen LogP contribution < -0.4 is 5.32 Å². The van der Waals surface area contributed by atoms with Crippen LogP contribution in [-0.4, -0.2) is 35.9 Å². The number of anilines is 1. The normalized spacial score (nSPS) is 20.6. The zero-order valence-electron chi connectivity index (χ0n) is 15.6. The van der Waals surface area contributed by atoms with Crippen LogP contribution in [0.1, 0.15) is 57.6 Å². The Bertz CT molecular complexity index is 609. The minimum atomic E-state index is -0.483. The highest BCUT2D eigenvalue weighted by Gasteiger charge is 2.31. The number of piperidine rings is 1. The van der Waals surface area contributed by atoms with Crippen LogP contribution in [0.3, 0.4) is 0 Å². The van der Waals surface area contributed by atoms with Crippen molar-refractivity contribution in [1.82, 2.24) is 4.90 Å². The van der Waals surface area contributed by atoms with Gasteiger partial charge in [-0.25, -0.2) is 4.79 Å². The van der Waals surface area contributed by atoms with Crippen molar-refractivity contribution in [3.8, 4) is 0 Å². The van der Waals surface area contributed by atoms with E-state index in [9.17, 15) is 4.79 Å². The van der Waals surface area contributed by atoms with Gasteiger partial charge in [-0.2, -0.15) is 0 Å². The Labute approximate surface area is 150 Å². The van der Waals surface area contributed by atoms with Crippen LogP contribution in [0.2, 0.25) is 0 Å². The summed E-state index contributed by atoms with van der Waals surface area (Å²) >= 11 is 0. The van der Waals surface area contributed by atoms with Gasteiger partial charge in [-0.1, -0.05) is 12.1 Å². The highest BCUT2D eigenvalue weighted by molar-refractivity contribution is 5.68. The van der Waals surface area contributed by atoms with Crippen molar-refractivity contribution in [2.75, 3.05) is 18.4 Å². The highest BCUT2D eigenvalue weighted by atomic mass is 16.6. The molecular weight excluding hydrogens is 316 g/mol. The van der Waals surface area contributed by atoms with Crippen LogP contribution in [0, 0.1) is 0 Å². The molecule has 1 amide bonds. The van der Waals surface area contributed by atoms with E-state index in [1.54, 1.807) is 4.90 Å². The summed E-state index contributed by atoms with van der Waals surface area (Å²) in [7, 11) is 0. The molecule has 0 aliphatic carbocycles. The first-order chi connectivity index (χ1) is 11.9. The molecule has 0 aromatic heterocycles. The lowest BCUT2D eigenvalue weighted by Gasteiger charge is -2.36. The molecule has 2 heterocycles. The summed E-state index contributed by atoms with van der Waals surface area (Å²) in [5.41, 5.74) is 3.26. The Balaban J connectivity index is 1.61. The zero-order chi connectivity index (χ0) is 17.9. The van der Waals surface area contributed by atoms with Crippen molar-refractivity contribution in [3.63, 3.8) is 0 Å². The van der Waals surface area contributed by atoms with E-state index < -0.39 is 5.60 Å². The monoisotopic (exact) mass is 346 g/mol. The third kappa shape index (κ3) is 4.88. The van der Waals surface area contributed by atoms with Crippen LogP contribution in [0.15, 0.2) is 18.2 Å². The van der Waals surface area contributed by atoms with Gasteiger partial charge in [-0.3, -0.25) is 4.90 Å². The fourth-order valence-electron chi connectivity index (χ4n) is 3.39. The maximum Gasteiger partial charge on any atom is 0.412 e. The van der Waals surface area contributed by atoms with Crippen molar-refractivity contribution in [3.05, 3.63) is 29.3 Å². The number of amides is 1. The molecule has 138 valence electrons. The average molecular weight is 346 g/mol. The molecule has 1 aromatic rings. The number of nitrogens with one attached hydrogen (secondary N) is 1. The summed E-state index contributed by atoms with van der Waals surface area (Å²) in [5, 5.41) is 3.45. The van der Waals surface area contributed by atoms with E-state index in [1.807, 2.05) is 20.8 Å². The van der Waals surface area contributed by atoms with E-state index in [0.29, 0.717) is 13.2 Å². The highest BCUT2D eigenvalue weighted by Crippen LogP contribution is 2.25. The second-order valence-electron chi connectivity index (χ2n) is 7.96. The predicted octanol–water partition coefficient (Wildman–Crippen LogP) is 4.31. The van der Waals surface area contributed by atoms with Gasteiger partial charge in [0.2, 0.25) is 0 Å². The number of rotatable bonds is 3. The standard InChI is InChI=1S/C20H30N2O3/c1-20(2,3)25-19(23)22-12-5-4-8-18(22)24-14-15-9-10-16-7-6-11-21-17(16)13-15/h9-10,13,18,21H,4-8,11-12,14H2,1-3H3. The van der Waals surface area contributed by atoms with E-state index in [1.165, 1.54) is 17.7 Å². The molecule has 1 fully saturated rings. The average Bonchev–Trinajstić information content (AvgIpc) is 2.58. The number of carbonyl (C=O) groups is 1. The van der Waals surface area contributed by atoms with E-state index in [2.05, 4.69) is 23.5 Å². The summed E-state index contributed by atoms with van der Waals surface area (Å²) in [6.45, 7) is 7.93. The first kappa shape index (κ1) is 18.1. The fourth-order valence-corrected chi connectivity index (χ4v) is 3.39. The van der Waals surface area contributed by atoms with Crippen LogP contribution >= 0.6 is 0 Å². The van der Waals surface area contributed by atoms with Gasteiger partial charge in [0.05, 0.1) is 6.61 Å². The summed E-state index contributed by atoms with van der Waals surface area (Å²) in [5.74, 6) is 0. The maximum absolute atomic E-state index is 12.4. The number of benzene rings is 1. The first-order valence-electron chi connectivity index (χ1n) is 9.39. The summed E-state index contributed by atoms with van der Waals surface area (Å²) in [6, 6.07) is 6.49. The molecule has 1 aromatic carbocycles. The molecule has 5 heteroatoms. The van der Waals surface area contributed by atoms with Gasteiger partial charge < -0.3 is 14.8 Å². The Morgan fingerprint density at radius 1 is 1.28 bits per heavy atom. The predicted molar refractivity (Wildman–Crippen MR) is 98.6 cm³/mol. The lowest BCUT2D eigenvalue weighted by atomic mass is 10.0. The maximum atomic E-state index is 12.4. The van der Waals surface area contributed by atoms with E-state index >= 15 is 0 Å². The SMILES string of the molecule is CC(C)(C)OC(=O)N1CCCCC1OCc1ccc2c(c1)NCCC2. The number of aryl methyl sites for hydroxylation is 1. The molecule has 1 unspecified atom stereocenters. The van der Waals surface area contributed by atoms with Gasteiger partial charge in [-0.05, 0) is 70.1 Å². The largest absolute Gasteiger partial charge is 0.444 e. The Morgan fingerprint density at radius 3 is 2.92 bits per heavy atom. The molecular formula is C20H30N2O3. The molecule has 5 nitrogen and oxygen atoms in total. The molecule has 1 saturated heterocycles. The number of likely N-dealkylation sites (tertiary alicyclic amines) is 1. The summed E-state index contributed by atoms with van der Waals surface area (Å²) < 4.78 is 11.6. The van der Waals surface area contributed by atoms with Crippen molar-refractivity contribution < 1.29 is 14.3 Å². The van der Waals surface area contributed by atoms with Gasteiger partial charge in [0.1, 0.15) is 11.8 Å². The minimum absolute atomic E-state index is 0.201. The number of ether oxygens (including phenoxy) is 2. The number of hydrogen-bond acceptors (Lipinski definition) is 4. The first-order valence-corrected chi connectivity index (χ1v) is 9.39. The molecule has 0 radical (unpaired) electrons. The van der Waals surface area contributed by atoms with E-state index in [-0.39, 0.29) is 12.3 Å². The molecule has 25 heavy (non-hydrogen) atoms. The lowest BCUT2D eigenvalue weighted by molar-refractivity contribution is -0.0897. The zero-order valence-corrected chi connectivity index (χ0v) is 15.6. The van der Waals surface area contributed by atoms with Crippen LogP contribution in [0.25, 0.3) is 0 Å². The van der Waals surface area contributed by atoms with Gasteiger partial charge in [0, 0.05) is 18.8 Å². The van der Waals surface area contributed by atoms with Gasteiger partial charge in [0.15, 0.2) is 0 Å². The van der Waals surface area contributed by atoms with Gasteiger partial charge >= 0.3 is 6.09 Å². The van der Waals surface area contributed by atoms with Crippen molar-refractivity contribution in [2.45, 2.75) is 71.3 Å².